The van der Waals surface area contributed by atoms with Crippen LogP contribution in [0.2, 0.25) is 0 Å². The molecule has 0 radical (unpaired) electrons. The van der Waals surface area contributed by atoms with Crippen molar-refractivity contribution < 1.29 is 14.4 Å². The average Bonchev–Trinajstić information content (AvgIpc) is 2.61. The van der Waals surface area contributed by atoms with Crippen LogP contribution in [0.25, 0.3) is 6.08 Å². The van der Waals surface area contributed by atoms with Crippen LogP contribution in [0.1, 0.15) is 11.1 Å². The highest BCUT2D eigenvalue weighted by Crippen LogP contribution is 2.22. The third-order valence-electron chi connectivity index (χ3n) is 3.82. The smallest absolute Gasteiger partial charge is 0.273 e. The molecule has 130 valence electrons. The van der Waals surface area contributed by atoms with Crippen molar-refractivity contribution in [3.05, 3.63) is 81.9 Å². The number of rotatable bonds is 3. The highest BCUT2D eigenvalue weighted by Gasteiger charge is 2.36. The van der Waals surface area contributed by atoms with Crippen LogP contribution in [0.3, 0.4) is 0 Å². The van der Waals surface area contributed by atoms with Crippen molar-refractivity contribution in [3.8, 4) is 0 Å². The number of carbonyl (C=O) groups is 3. The van der Waals surface area contributed by atoms with E-state index in [9.17, 15) is 14.4 Å². The normalized spacial score (nSPS) is 16.5. The predicted molar refractivity (Wildman–Crippen MR) is 103 cm³/mol. The van der Waals surface area contributed by atoms with Crippen LogP contribution in [0.5, 0.6) is 0 Å². The first-order valence-electron chi connectivity index (χ1n) is 7.86. The fourth-order valence-electron chi connectivity index (χ4n) is 2.43. The van der Waals surface area contributed by atoms with Gasteiger partial charge in [-0.25, -0.2) is 9.69 Å². The van der Waals surface area contributed by atoms with Crippen LogP contribution in [-0.4, -0.2) is 17.8 Å². The van der Waals surface area contributed by atoms with Crippen LogP contribution in [0.15, 0.2) is 70.7 Å². The van der Waals surface area contributed by atoms with Gasteiger partial charge in [-0.2, -0.15) is 0 Å². The van der Waals surface area contributed by atoms with Crippen molar-refractivity contribution in [2.75, 3.05) is 4.90 Å². The third-order valence-corrected chi connectivity index (χ3v) is 4.34. The number of benzene rings is 2. The number of anilines is 1. The zero-order valence-electron chi connectivity index (χ0n) is 13.9. The van der Waals surface area contributed by atoms with Crippen molar-refractivity contribution in [1.82, 2.24) is 5.32 Å². The van der Waals surface area contributed by atoms with E-state index < -0.39 is 17.8 Å². The summed E-state index contributed by atoms with van der Waals surface area (Å²) in [7, 11) is 0. The molecule has 0 saturated carbocycles. The van der Waals surface area contributed by atoms with Crippen LogP contribution in [0, 0.1) is 6.92 Å². The Labute approximate surface area is 159 Å². The van der Waals surface area contributed by atoms with E-state index in [0.29, 0.717) is 5.69 Å². The predicted octanol–water partition coefficient (Wildman–Crippen LogP) is 3.98. The molecule has 0 spiro atoms. The zero-order chi connectivity index (χ0) is 18.7. The lowest BCUT2D eigenvalue weighted by atomic mass is 10.1. The average molecular weight is 411 g/mol. The quantitative estimate of drug-likeness (QED) is 0.614. The second kappa shape index (κ2) is 7.49. The van der Waals surface area contributed by atoms with Crippen LogP contribution < -0.4 is 10.2 Å². The lowest BCUT2D eigenvalue weighted by Gasteiger charge is -2.26. The van der Waals surface area contributed by atoms with Gasteiger partial charge in [-0.05, 0) is 42.8 Å². The summed E-state index contributed by atoms with van der Waals surface area (Å²) in [5.74, 6) is -1.36. The molecule has 0 aliphatic carbocycles. The summed E-state index contributed by atoms with van der Waals surface area (Å²) in [5.41, 5.74) is 2.37. The Bertz CT molecular complexity index is 929. The van der Waals surface area contributed by atoms with E-state index >= 15 is 0 Å². The van der Waals surface area contributed by atoms with E-state index in [4.69, 9.17) is 0 Å². The van der Waals surface area contributed by atoms with E-state index in [-0.39, 0.29) is 5.57 Å². The monoisotopic (exact) mass is 410 g/mol. The number of hydrogen-bond donors (Lipinski definition) is 1. The van der Waals surface area contributed by atoms with Gasteiger partial charge in [0.25, 0.3) is 11.8 Å². The van der Waals surface area contributed by atoms with E-state index in [1.807, 2.05) is 31.2 Å². The first-order chi connectivity index (χ1) is 12.5. The number of aryl methyl sites for hydroxylation is 1. The third kappa shape index (κ3) is 3.81. The maximum absolute atomic E-state index is 12.6. The molecular formula is C20H15BrN2O3. The zero-order valence-corrected chi connectivity index (χ0v) is 15.5. The minimum atomic E-state index is -0.762. The topological polar surface area (TPSA) is 66.5 Å². The summed E-state index contributed by atoms with van der Waals surface area (Å²) >= 11 is 3.30. The molecule has 1 aliphatic rings. The van der Waals surface area contributed by atoms with Crippen molar-refractivity contribution in [3.63, 3.8) is 0 Å². The number of barbiturate groups is 1. The first kappa shape index (κ1) is 17.8. The number of urea groups is 1. The lowest BCUT2D eigenvalue weighted by molar-refractivity contribution is -0.122. The van der Waals surface area contributed by atoms with Gasteiger partial charge in [0.1, 0.15) is 5.57 Å². The van der Waals surface area contributed by atoms with Gasteiger partial charge in [0.2, 0.25) is 0 Å². The molecule has 2 aromatic carbocycles. The molecule has 1 heterocycles. The van der Waals surface area contributed by atoms with Gasteiger partial charge in [0.15, 0.2) is 0 Å². The van der Waals surface area contributed by atoms with Crippen LogP contribution in [-0.2, 0) is 9.59 Å². The molecule has 5 nitrogen and oxygen atoms in total. The Morgan fingerprint density at radius 1 is 0.962 bits per heavy atom. The molecule has 0 unspecified atom stereocenters. The Balaban J connectivity index is 1.87. The largest absolute Gasteiger partial charge is 0.335 e. The lowest BCUT2D eigenvalue weighted by Crippen LogP contribution is -2.54. The summed E-state index contributed by atoms with van der Waals surface area (Å²) in [4.78, 5) is 37.7. The molecule has 0 bridgehead atoms. The van der Waals surface area contributed by atoms with Crippen molar-refractivity contribution in [1.29, 1.82) is 0 Å². The molecule has 1 fully saturated rings. The molecule has 2 aromatic rings. The maximum atomic E-state index is 12.6. The SMILES string of the molecule is Cc1ccc(/C=C/C=C2\C(=O)NC(=O)N(c3ccc(Br)cc3)C2=O)cc1. The number of halogens is 1. The Morgan fingerprint density at radius 2 is 1.62 bits per heavy atom. The molecular weight excluding hydrogens is 396 g/mol. The maximum Gasteiger partial charge on any atom is 0.335 e. The second-order valence-corrected chi connectivity index (χ2v) is 6.64. The van der Waals surface area contributed by atoms with E-state index in [1.165, 1.54) is 6.08 Å². The molecule has 3 rings (SSSR count). The molecule has 4 amide bonds. The summed E-state index contributed by atoms with van der Waals surface area (Å²) in [6.07, 6.45) is 4.82. The van der Waals surface area contributed by atoms with Crippen LogP contribution in [0.4, 0.5) is 10.5 Å². The summed E-state index contributed by atoms with van der Waals surface area (Å²) < 4.78 is 0.819. The molecule has 0 aromatic heterocycles. The van der Waals surface area contributed by atoms with Crippen molar-refractivity contribution in [2.45, 2.75) is 6.92 Å². The van der Waals surface area contributed by atoms with Crippen LogP contribution >= 0.6 is 15.9 Å². The fourth-order valence-corrected chi connectivity index (χ4v) is 2.70. The minimum absolute atomic E-state index is 0.101. The molecule has 26 heavy (non-hydrogen) atoms. The van der Waals surface area contributed by atoms with E-state index in [0.717, 1.165) is 20.5 Å². The number of carbonyl (C=O) groups excluding carboxylic acids is 3. The van der Waals surface area contributed by atoms with Gasteiger partial charge in [0.05, 0.1) is 5.69 Å². The summed E-state index contributed by atoms with van der Waals surface area (Å²) in [6, 6.07) is 13.7. The van der Waals surface area contributed by atoms with Crippen molar-refractivity contribution >= 4 is 45.5 Å². The van der Waals surface area contributed by atoms with Gasteiger partial charge in [-0.15, -0.1) is 0 Å². The molecule has 0 atom stereocenters. The highest BCUT2D eigenvalue weighted by molar-refractivity contribution is 9.10. The Kier molecular flexibility index (Phi) is 5.14. The Morgan fingerprint density at radius 3 is 2.27 bits per heavy atom. The number of allylic oxidation sites excluding steroid dienone is 2. The van der Waals surface area contributed by atoms with Gasteiger partial charge in [-0.1, -0.05) is 57.9 Å². The van der Waals surface area contributed by atoms with Gasteiger partial charge >= 0.3 is 6.03 Å². The number of hydrogen-bond acceptors (Lipinski definition) is 3. The number of nitrogens with one attached hydrogen (secondary N) is 1. The standard InChI is InChI=1S/C20H15BrN2O3/c1-13-5-7-14(8-6-13)3-2-4-17-18(24)22-20(26)23(19(17)25)16-11-9-15(21)10-12-16/h2-12H,1H3,(H,22,24,26)/b3-2+,17-4+. The summed E-state index contributed by atoms with van der Waals surface area (Å²) in [5, 5.41) is 2.19. The number of nitrogens with zero attached hydrogens (tertiary/aromatic N) is 1. The Hall–Kier alpha value is -2.99. The van der Waals surface area contributed by atoms with Gasteiger partial charge < -0.3 is 0 Å². The van der Waals surface area contributed by atoms with Gasteiger partial charge in [-0.3, -0.25) is 14.9 Å². The number of imide groups is 2. The first-order valence-corrected chi connectivity index (χ1v) is 8.65. The second-order valence-electron chi connectivity index (χ2n) is 5.73. The van der Waals surface area contributed by atoms with Gasteiger partial charge in [0, 0.05) is 4.47 Å². The highest BCUT2D eigenvalue weighted by atomic mass is 79.9. The van der Waals surface area contributed by atoms with E-state index in [2.05, 4.69) is 21.2 Å². The molecule has 1 aliphatic heterocycles. The van der Waals surface area contributed by atoms with E-state index in [1.54, 1.807) is 36.4 Å². The number of amides is 4. The molecule has 1 saturated heterocycles. The van der Waals surface area contributed by atoms with Crippen molar-refractivity contribution in [2.24, 2.45) is 0 Å². The molecule has 1 N–H and O–H groups in total. The molecule has 6 heteroatoms. The summed E-state index contributed by atoms with van der Waals surface area (Å²) in [6.45, 7) is 1.99. The fraction of sp³-hybridized carbons (Fsp3) is 0.0500. The minimum Gasteiger partial charge on any atom is -0.273 e.